The molecule has 0 bridgehead atoms. The fraction of sp³-hybridized carbons (Fsp3) is 0.385. The number of hydrogen-bond donors (Lipinski definition) is 1. The summed E-state index contributed by atoms with van der Waals surface area (Å²) in [6.07, 6.45) is 6.38. The number of nitrogen functional groups attached to an aromatic ring is 1. The molecule has 1 atom stereocenters. The molecule has 1 unspecified atom stereocenters. The number of nitrogens with two attached hydrogens (primary N) is 1. The number of hydrogen-bond acceptors (Lipinski definition) is 2. The van der Waals surface area contributed by atoms with Crippen molar-refractivity contribution in [3.63, 3.8) is 0 Å². The standard InChI is InChI=1S/C13H17NO/c1-3-7-13(2)8-6-10-9-11(14)4-5-12(10)15-13/h4-6,8-9H,3,7,14H2,1-2H3. The Hall–Kier alpha value is -1.44. The molecule has 1 aromatic rings. The minimum atomic E-state index is -0.155. The summed E-state index contributed by atoms with van der Waals surface area (Å²) in [5.41, 5.74) is 7.42. The highest BCUT2D eigenvalue weighted by molar-refractivity contribution is 5.65. The van der Waals surface area contributed by atoms with Crippen molar-refractivity contribution in [1.29, 1.82) is 0 Å². The lowest BCUT2D eigenvalue weighted by Gasteiger charge is -2.31. The fourth-order valence-corrected chi connectivity index (χ4v) is 1.97. The lowest BCUT2D eigenvalue weighted by Crippen LogP contribution is -2.31. The van der Waals surface area contributed by atoms with Gasteiger partial charge < -0.3 is 10.5 Å². The summed E-state index contributed by atoms with van der Waals surface area (Å²) in [5, 5.41) is 0. The number of fused-ring (bicyclic) bond motifs is 1. The van der Waals surface area contributed by atoms with E-state index in [0.717, 1.165) is 29.8 Å². The molecule has 0 amide bonds. The molecular formula is C13H17NO. The molecule has 2 N–H and O–H groups in total. The summed E-state index contributed by atoms with van der Waals surface area (Å²) in [6, 6.07) is 5.77. The third-order valence-corrected chi connectivity index (χ3v) is 2.74. The Morgan fingerprint density at radius 1 is 1.40 bits per heavy atom. The summed E-state index contributed by atoms with van der Waals surface area (Å²) in [7, 11) is 0. The third kappa shape index (κ3) is 1.99. The van der Waals surface area contributed by atoms with Gasteiger partial charge in [-0.05, 0) is 37.6 Å². The average molecular weight is 203 g/mol. The molecule has 1 aliphatic heterocycles. The largest absolute Gasteiger partial charge is 0.483 e. The lowest BCUT2D eigenvalue weighted by molar-refractivity contribution is 0.126. The Bertz CT molecular complexity index is 398. The van der Waals surface area contributed by atoms with Crippen molar-refractivity contribution in [3.05, 3.63) is 29.8 Å². The molecule has 2 heteroatoms. The van der Waals surface area contributed by atoms with Gasteiger partial charge in [-0.1, -0.05) is 19.4 Å². The maximum absolute atomic E-state index is 5.97. The van der Waals surface area contributed by atoms with E-state index in [1.165, 1.54) is 0 Å². The van der Waals surface area contributed by atoms with Crippen LogP contribution in [0.5, 0.6) is 5.75 Å². The van der Waals surface area contributed by atoms with E-state index in [0.29, 0.717) is 0 Å². The molecule has 15 heavy (non-hydrogen) atoms. The van der Waals surface area contributed by atoms with E-state index in [-0.39, 0.29) is 5.60 Å². The number of anilines is 1. The Balaban J connectivity index is 2.31. The fourth-order valence-electron chi connectivity index (χ4n) is 1.97. The van der Waals surface area contributed by atoms with Crippen LogP contribution < -0.4 is 10.5 Å². The highest BCUT2D eigenvalue weighted by Gasteiger charge is 2.25. The first-order valence-corrected chi connectivity index (χ1v) is 5.41. The van der Waals surface area contributed by atoms with E-state index < -0.39 is 0 Å². The number of ether oxygens (including phenoxy) is 1. The van der Waals surface area contributed by atoms with E-state index in [9.17, 15) is 0 Å². The highest BCUT2D eigenvalue weighted by Crippen LogP contribution is 2.34. The molecule has 0 spiro atoms. The number of rotatable bonds is 2. The quantitative estimate of drug-likeness (QED) is 0.749. The maximum Gasteiger partial charge on any atom is 0.127 e. The Morgan fingerprint density at radius 2 is 2.20 bits per heavy atom. The van der Waals surface area contributed by atoms with Crippen molar-refractivity contribution in [2.75, 3.05) is 5.73 Å². The van der Waals surface area contributed by atoms with Crippen molar-refractivity contribution >= 4 is 11.8 Å². The molecule has 1 aromatic carbocycles. The molecule has 2 rings (SSSR count). The van der Waals surface area contributed by atoms with E-state index in [4.69, 9.17) is 10.5 Å². The van der Waals surface area contributed by atoms with Crippen molar-refractivity contribution < 1.29 is 4.74 Å². The summed E-state index contributed by atoms with van der Waals surface area (Å²) < 4.78 is 5.97. The molecule has 0 saturated heterocycles. The molecule has 0 radical (unpaired) electrons. The zero-order valence-corrected chi connectivity index (χ0v) is 9.29. The zero-order chi connectivity index (χ0) is 10.9. The van der Waals surface area contributed by atoms with Crippen molar-refractivity contribution in [3.8, 4) is 5.75 Å². The number of benzene rings is 1. The summed E-state index contributed by atoms with van der Waals surface area (Å²) in [4.78, 5) is 0. The Morgan fingerprint density at radius 3 is 2.93 bits per heavy atom. The summed E-state index contributed by atoms with van der Waals surface area (Å²) in [5.74, 6) is 0.933. The Labute approximate surface area is 90.7 Å². The van der Waals surface area contributed by atoms with Crippen LogP contribution in [0.2, 0.25) is 0 Å². The Kier molecular flexibility index (Phi) is 2.43. The van der Waals surface area contributed by atoms with Gasteiger partial charge in [0.1, 0.15) is 11.4 Å². The first kappa shape index (κ1) is 10.1. The molecule has 0 fully saturated rings. The molecule has 2 nitrogen and oxygen atoms in total. The average Bonchev–Trinajstić information content (AvgIpc) is 2.19. The van der Waals surface area contributed by atoms with Crippen LogP contribution in [0, 0.1) is 0 Å². The molecule has 0 aromatic heterocycles. The molecule has 1 aliphatic rings. The van der Waals surface area contributed by atoms with Crippen LogP contribution >= 0.6 is 0 Å². The predicted molar refractivity (Wildman–Crippen MR) is 63.8 cm³/mol. The van der Waals surface area contributed by atoms with E-state index in [2.05, 4.69) is 26.0 Å². The monoisotopic (exact) mass is 203 g/mol. The van der Waals surface area contributed by atoms with Gasteiger partial charge in [0.15, 0.2) is 0 Å². The normalized spacial score (nSPS) is 23.3. The van der Waals surface area contributed by atoms with Crippen LogP contribution in [-0.2, 0) is 0 Å². The van der Waals surface area contributed by atoms with E-state index in [1.807, 2.05) is 18.2 Å². The van der Waals surface area contributed by atoms with Crippen molar-refractivity contribution in [2.45, 2.75) is 32.3 Å². The highest BCUT2D eigenvalue weighted by atomic mass is 16.5. The summed E-state index contributed by atoms with van der Waals surface area (Å²) >= 11 is 0. The molecule has 0 saturated carbocycles. The third-order valence-electron chi connectivity index (χ3n) is 2.74. The molecule has 80 valence electrons. The maximum atomic E-state index is 5.97. The predicted octanol–water partition coefficient (Wildman–Crippen LogP) is 3.23. The van der Waals surface area contributed by atoms with Gasteiger partial charge in [0.05, 0.1) is 0 Å². The van der Waals surface area contributed by atoms with Gasteiger partial charge in [-0.25, -0.2) is 0 Å². The smallest absolute Gasteiger partial charge is 0.127 e. The van der Waals surface area contributed by atoms with Crippen molar-refractivity contribution in [1.82, 2.24) is 0 Å². The minimum absolute atomic E-state index is 0.155. The van der Waals surface area contributed by atoms with E-state index in [1.54, 1.807) is 0 Å². The molecule has 0 aliphatic carbocycles. The van der Waals surface area contributed by atoms with Gasteiger partial charge >= 0.3 is 0 Å². The van der Waals surface area contributed by atoms with Crippen molar-refractivity contribution in [2.24, 2.45) is 0 Å². The SMILES string of the molecule is CCCC1(C)C=Cc2cc(N)ccc2O1. The van der Waals surface area contributed by atoms with Crippen LogP contribution in [0.4, 0.5) is 5.69 Å². The van der Waals surface area contributed by atoms with Crippen LogP contribution in [0.15, 0.2) is 24.3 Å². The zero-order valence-electron chi connectivity index (χ0n) is 9.29. The van der Waals surface area contributed by atoms with Crippen LogP contribution in [0.1, 0.15) is 32.3 Å². The van der Waals surface area contributed by atoms with E-state index >= 15 is 0 Å². The van der Waals surface area contributed by atoms with Gasteiger partial charge in [0, 0.05) is 11.3 Å². The van der Waals surface area contributed by atoms with Crippen LogP contribution in [0.25, 0.3) is 6.08 Å². The second-order valence-corrected chi connectivity index (χ2v) is 4.30. The van der Waals surface area contributed by atoms with Gasteiger partial charge in [-0.2, -0.15) is 0 Å². The van der Waals surface area contributed by atoms with Gasteiger partial charge in [0.25, 0.3) is 0 Å². The van der Waals surface area contributed by atoms with Gasteiger partial charge in [0.2, 0.25) is 0 Å². The second-order valence-electron chi connectivity index (χ2n) is 4.30. The second kappa shape index (κ2) is 3.61. The lowest BCUT2D eigenvalue weighted by atomic mass is 9.95. The molecular weight excluding hydrogens is 186 g/mol. The minimum Gasteiger partial charge on any atom is -0.483 e. The molecule has 1 heterocycles. The first-order valence-electron chi connectivity index (χ1n) is 5.41. The van der Waals surface area contributed by atoms with Crippen LogP contribution in [0.3, 0.4) is 0 Å². The summed E-state index contributed by atoms with van der Waals surface area (Å²) in [6.45, 7) is 4.28. The first-order chi connectivity index (χ1) is 7.13. The van der Waals surface area contributed by atoms with Crippen LogP contribution in [-0.4, -0.2) is 5.60 Å². The van der Waals surface area contributed by atoms with Gasteiger partial charge in [-0.15, -0.1) is 0 Å². The van der Waals surface area contributed by atoms with Gasteiger partial charge in [-0.3, -0.25) is 0 Å². The topological polar surface area (TPSA) is 35.2 Å².